The first-order valence-corrected chi connectivity index (χ1v) is 8.16. The van der Waals surface area contributed by atoms with E-state index >= 15 is 0 Å². The molecule has 2 rings (SSSR count). The van der Waals surface area contributed by atoms with Gasteiger partial charge in [-0.1, -0.05) is 6.07 Å². The fourth-order valence-electron chi connectivity index (χ4n) is 2.56. The van der Waals surface area contributed by atoms with Gasteiger partial charge in [0, 0.05) is 17.1 Å². The molecule has 1 atom stereocenters. The number of carboxylic acids is 1. The molecular formula is C15H20N2O3S. The average molecular weight is 308 g/mol. The van der Waals surface area contributed by atoms with Gasteiger partial charge in [-0.2, -0.15) is 0 Å². The number of anilines is 1. The fraction of sp³-hybridized carbons (Fsp3) is 0.467. The Kier molecular flexibility index (Phi) is 4.77. The van der Waals surface area contributed by atoms with Crippen molar-refractivity contribution in [3.05, 3.63) is 24.3 Å². The highest BCUT2D eigenvalue weighted by Crippen LogP contribution is 2.29. The van der Waals surface area contributed by atoms with Crippen LogP contribution in [0.15, 0.2) is 29.2 Å². The second-order valence-electron chi connectivity index (χ2n) is 5.35. The van der Waals surface area contributed by atoms with E-state index in [4.69, 9.17) is 0 Å². The second-order valence-corrected chi connectivity index (χ2v) is 6.23. The second kappa shape index (κ2) is 6.39. The van der Waals surface area contributed by atoms with Gasteiger partial charge in [0.05, 0.1) is 0 Å². The maximum absolute atomic E-state index is 12.4. The van der Waals surface area contributed by atoms with Crippen LogP contribution < -0.4 is 5.32 Å². The van der Waals surface area contributed by atoms with Crippen molar-refractivity contribution in [2.45, 2.75) is 36.6 Å². The van der Waals surface area contributed by atoms with Crippen molar-refractivity contribution in [3.63, 3.8) is 0 Å². The summed E-state index contributed by atoms with van der Waals surface area (Å²) in [5.74, 6) is -0.949. The molecule has 0 saturated carbocycles. The average Bonchev–Trinajstić information content (AvgIpc) is 2.47. The van der Waals surface area contributed by atoms with Gasteiger partial charge in [0.2, 0.25) is 0 Å². The van der Waals surface area contributed by atoms with Gasteiger partial charge in [-0.15, -0.1) is 11.8 Å². The molecule has 0 radical (unpaired) electrons. The van der Waals surface area contributed by atoms with Crippen LogP contribution in [0.25, 0.3) is 0 Å². The summed E-state index contributed by atoms with van der Waals surface area (Å²) in [4.78, 5) is 26.4. The van der Waals surface area contributed by atoms with Crippen LogP contribution in [0.1, 0.15) is 26.2 Å². The van der Waals surface area contributed by atoms with Gasteiger partial charge >= 0.3 is 12.0 Å². The highest BCUT2D eigenvalue weighted by Gasteiger charge is 2.43. The van der Waals surface area contributed by atoms with Gasteiger partial charge in [0.25, 0.3) is 0 Å². The zero-order valence-electron chi connectivity index (χ0n) is 12.3. The first kappa shape index (κ1) is 15.7. The number of urea groups is 1. The lowest BCUT2D eigenvalue weighted by atomic mass is 9.89. The lowest BCUT2D eigenvalue weighted by Crippen LogP contribution is -2.58. The van der Waals surface area contributed by atoms with E-state index < -0.39 is 11.5 Å². The molecule has 114 valence electrons. The standard InChI is InChI=1S/C15H20N2O3S/c1-15(13(18)19)8-3-4-9-17(15)14(20)16-11-6-5-7-12(10-11)21-2/h5-7,10H,3-4,8-9H2,1-2H3,(H,16,20)(H,18,19). The fourth-order valence-corrected chi connectivity index (χ4v) is 3.02. The van der Waals surface area contributed by atoms with E-state index in [2.05, 4.69) is 5.32 Å². The summed E-state index contributed by atoms with van der Waals surface area (Å²) in [6.07, 6.45) is 4.11. The summed E-state index contributed by atoms with van der Waals surface area (Å²) in [7, 11) is 0. The van der Waals surface area contributed by atoms with E-state index in [0.29, 0.717) is 18.7 Å². The lowest BCUT2D eigenvalue weighted by Gasteiger charge is -2.41. The number of hydrogen-bond acceptors (Lipinski definition) is 3. The summed E-state index contributed by atoms with van der Waals surface area (Å²) in [6.45, 7) is 2.09. The Balaban J connectivity index is 2.16. The van der Waals surface area contributed by atoms with Crippen molar-refractivity contribution in [2.24, 2.45) is 0 Å². The van der Waals surface area contributed by atoms with Crippen molar-refractivity contribution in [1.29, 1.82) is 0 Å². The number of carbonyl (C=O) groups excluding carboxylic acids is 1. The number of piperidine rings is 1. The Morgan fingerprint density at radius 1 is 1.38 bits per heavy atom. The largest absolute Gasteiger partial charge is 0.480 e. The molecule has 0 spiro atoms. The summed E-state index contributed by atoms with van der Waals surface area (Å²) in [5, 5.41) is 12.2. The molecule has 1 aliphatic heterocycles. The van der Waals surface area contributed by atoms with Gasteiger partial charge in [-0.3, -0.25) is 0 Å². The zero-order valence-corrected chi connectivity index (χ0v) is 13.1. The van der Waals surface area contributed by atoms with Crippen LogP contribution in [0, 0.1) is 0 Å². The highest BCUT2D eigenvalue weighted by molar-refractivity contribution is 7.98. The number of hydrogen-bond donors (Lipinski definition) is 2. The molecule has 5 nitrogen and oxygen atoms in total. The predicted molar refractivity (Wildman–Crippen MR) is 83.8 cm³/mol. The minimum atomic E-state index is -1.13. The molecule has 0 aromatic heterocycles. The summed E-state index contributed by atoms with van der Waals surface area (Å²) in [5.41, 5.74) is -0.440. The van der Waals surface area contributed by atoms with Crippen molar-refractivity contribution < 1.29 is 14.7 Å². The topological polar surface area (TPSA) is 69.6 Å². The molecule has 0 aliphatic carbocycles. The van der Waals surface area contributed by atoms with E-state index in [1.165, 1.54) is 4.90 Å². The molecule has 1 saturated heterocycles. The van der Waals surface area contributed by atoms with Crippen LogP contribution in [0.2, 0.25) is 0 Å². The molecule has 1 aromatic rings. The first-order valence-electron chi connectivity index (χ1n) is 6.93. The molecule has 21 heavy (non-hydrogen) atoms. The Labute approximate surface area is 128 Å². The predicted octanol–water partition coefficient (Wildman–Crippen LogP) is 3.27. The van der Waals surface area contributed by atoms with E-state index in [0.717, 1.165) is 17.7 Å². The Morgan fingerprint density at radius 3 is 2.81 bits per heavy atom. The zero-order chi connectivity index (χ0) is 15.5. The molecule has 1 fully saturated rings. The van der Waals surface area contributed by atoms with E-state index in [9.17, 15) is 14.7 Å². The van der Waals surface area contributed by atoms with Crippen LogP contribution in [-0.2, 0) is 4.79 Å². The molecule has 2 N–H and O–H groups in total. The number of carbonyl (C=O) groups is 2. The van der Waals surface area contributed by atoms with Crippen LogP contribution in [-0.4, -0.2) is 40.3 Å². The normalized spacial score (nSPS) is 21.9. The lowest BCUT2D eigenvalue weighted by molar-refractivity contribution is -0.150. The molecule has 1 heterocycles. The molecule has 0 bridgehead atoms. The number of thioether (sulfide) groups is 1. The van der Waals surface area contributed by atoms with Gasteiger partial charge in [-0.25, -0.2) is 9.59 Å². The SMILES string of the molecule is CSc1cccc(NC(=O)N2CCCCC2(C)C(=O)O)c1. The molecule has 1 aliphatic rings. The molecule has 2 amide bonds. The summed E-state index contributed by atoms with van der Waals surface area (Å²) < 4.78 is 0. The smallest absolute Gasteiger partial charge is 0.329 e. The van der Waals surface area contributed by atoms with Crippen molar-refractivity contribution in [3.8, 4) is 0 Å². The third-order valence-corrected chi connectivity index (χ3v) is 4.64. The third kappa shape index (κ3) is 3.32. The number of benzene rings is 1. The maximum Gasteiger partial charge on any atom is 0.329 e. The molecule has 6 heteroatoms. The Bertz CT molecular complexity index is 549. The minimum absolute atomic E-state index is 0.349. The molecular weight excluding hydrogens is 288 g/mol. The van der Waals surface area contributed by atoms with Crippen molar-refractivity contribution >= 4 is 29.4 Å². The molecule has 1 aromatic carbocycles. The third-order valence-electron chi connectivity index (χ3n) is 3.92. The van der Waals surface area contributed by atoms with Crippen LogP contribution >= 0.6 is 11.8 Å². The van der Waals surface area contributed by atoms with Crippen molar-refractivity contribution in [1.82, 2.24) is 4.90 Å². The number of aliphatic carboxylic acids is 1. The monoisotopic (exact) mass is 308 g/mol. The summed E-state index contributed by atoms with van der Waals surface area (Å²) >= 11 is 1.59. The summed E-state index contributed by atoms with van der Waals surface area (Å²) in [6, 6.07) is 7.17. The van der Waals surface area contributed by atoms with Crippen LogP contribution in [0.3, 0.4) is 0 Å². The number of amides is 2. The van der Waals surface area contributed by atoms with Gasteiger partial charge in [0.15, 0.2) is 0 Å². The van der Waals surface area contributed by atoms with Gasteiger partial charge in [0.1, 0.15) is 5.54 Å². The molecule has 1 unspecified atom stereocenters. The number of nitrogens with one attached hydrogen (secondary N) is 1. The minimum Gasteiger partial charge on any atom is -0.480 e. The number of nitrogens with zero attached hydrogens (tertiary/aromatic N) is 1. The first-order chi connectivity index (χ1) is 9.97. The number of likely N-dealkylation sites (tertiary alicyclic amines) is 1. The van der Waals surface area contributed by atoms with Crippen LogP contribution in [0.4, 0.5) is 10.5 Å². The van der Waals surface area contributed by atoms with E-state index in [1.807, 2.05) is 24.5 Å². The number of carboxylic acid groups (broad SMARTS) is 1. The quantitative estimate of drug-likeness (QED) is 0.841. The number of rotatable bonds is 3. The Morgan fingerprint density at radius 2 is 2.14 bits per heavy atom. The Hall–Kier alpha value is -1.69. The maximum atomic E-state index is 12.4. The van der Waals surface area contributed by atoms with Gasteiger partial charge < -0.3 is 15.3 Å². The highest BCUT2D eigenvalue weighted by atomic mass is 32.2. The van der Waals surface area contributed by atoms with Crippen LogP contribution in [0.5, 0.6) is 0 Å². The van der Waals surface area contributed by atoms with E-state index in [-0.39, 0.29) is 6.03 Å². The van der Waals surface area contributed by atoms with Crippen molar-refractivity contribution in [2.75, 3.05) is 18.1 Å². The van der Waals surface area contributed by atoms with Gasteiger partial charge in [-0.05, 0) is 50.6 Å². The van der Waals surface area contributed by atoms with E-state index in [1.54, 1.807) is 24.8 Å².